The first-order valence-corrected chi connectivity index (χ1v) is 12.0. The lowest BCUT2D eigenvalue weighted by molar-refractivity contribution is -0.122. The van der Waals surface area contributed by atoms with Crippen molar-refractivity contribution in [3.63, 3.8) is 0 Å². The number of carbonyl (C=O) groups is 2. The maximum atomic E-state index is 12.6. The molecule has 11 heteroatoms. The van der Waals surface area contributed by atoms with Gasteiger partial charge < -0.3 is 20.1 Å². The number of carbonyl (C=O) groups excluding carboxylic acids is 1. The van der Waals surface area contributed by atoms with Gasteiger partial charge in [-0.2, -0.15) is 0 Å². The van der Waals surface area contributed by atoms with Gasteiger partial charge in [-0.05, 0) is 30.3 Å². The van der Waals surface area contributed by atoms with Crippen LogP contribution in [0.4, 0.5) is 11.4 Å². The first-order chi connectivity index (χ1) is 15.8. The van der Waals surface area contributed by atoms with Gasteiger partial charge in [-0.15, -0.1) is 0 Å². The molecule has 0 aliphatic carbocycles. The summed E-state index contributed by atoms with van der Waals surface area (Å²) in [6, 6.07) is 12.4. The zero-order chi connectivity index (χ0) is 23.8. The van der Waals surface area contributed by atoms with Crippen molar-refractivity contribution in [2.75, 3.05) is 62.6 Å². The summed E-state index contributed by atoms with van der Waals surface area (Å²) in [5.74, 6) is -1.29. The van der Waals surface area contributed by atoms with E-state index >= 15 is 0 Å². The standard InChI is InChI=1S/C22H28N4O6S/c1-32-14-9-23-21(27)16-25-10-12-26(13-11-25)17-7-8-20(19(15-17)22(28)29)24-33(30,31)18-5-3-2-4-6-18/h2-8,15,24H,9-14,16H2,1H3,(H,23,27)(H,28,29). The fourth-order valence-corrected chi connectivity index (χ4v) is 4.61. The number of aromatic carboxylic acids is 1. The number of hydrogen-bond donors (Lipinski definition) is 3. The molecule has 2 aromatic carbocycles. The highest BCUT2D eigenvalue weighted by molar-refractivity contribution is 7.92. The van der Waals surface area contributed by atoms with Gasteiger partial charge in [0.25, 0.3) is 10.0 Å². The summed E-state index contributed by atoms with van der Waals surface area (Å²) in [6.07, 6.45) is 0. The van der Waals surface area contributed by atoms with Crippen LogP contribution >= 0.6 is 0 Å². The number of amides is 1. The molecular weight excluding hydrogens is 448 g/mol. The summed E-state index contributed by atoms with van der Waals surface area (Å²) in [7, 11) is -2.34. The number of hydrogen-bond acceptors (Lipinski definition) is 7. The van der Waals surface area contributed by atoms with E-state index in [4.69, 9.17) is 4.74 Å². The number of carboxylic acids is 1. The van der Waals surface area contributed by atoms with Gasteiger partial charge in [0.05, 0.1) is 29.3 Å². The van der Waals surface area contributed by atoms with Crippen molar-refractivity contribution in [3.05, 3.63) is 54.1 Å². The Labute approximate surface area is 193 Å². The summed E-state index contributed by atoms with van der Waals surface area (Å²) < 4.78 is 32.5. The molecule has 0 spiro atoms. The highest BCUT2D eigenvalue weighted by atomic mass is 32.2. The number of anilines is 2. The number of benzene rings is 2. The number of methoxy groups -OCH3 is 1. The number of nitrogens with one attached hydrogen (secondary N) is 2. The number of carboxylic acid groups (broad SMARTS) is 1. The van der Waals surface area contributed by atoms with Gasteiger partial charge >= 0.3 is 5.97 Å². The third-order valence-corrected chi connectivity index (χ3v) is 6.65. The average Bonchev–Trinajstić information content (AvgIpc) is 2.80. The Balaban J connectivity index is 1.65. The van der Waals surface area contributed by atoms with Crippen LogP contribution in [0.1, 0.15) is 10.4 Å². The van der Waals surface area contributed by atoms with E-state index in [1.165, 1.54) is 24.3 Å². The van der Waals surface area contributed by atoms with Crippen LogP contribution in [-0.4, -0.2) is 83.3 Å². The maximum absolute atomic E-state index is 12.6. The minimum atomic E-state index is -3.91. The molecular formula is C22H28N4O6S. The molecule has 0 atom stereocenters. The normalized spacial score (nSPS) is 14.6. The molecule has 33 heavy (non-hydrogen) atoms. The Morgan fingerprint density at radius 1 is 1.06 bits per heavy atom. The van der Waals surface area contributed by atoms with Crippen molar-refractivity contribution < 1.29 is 27.9 Å². The molecule has 0 bridgehead atoms. The molecule has 1 aliphatic heterocycles. The topological polar surface area (TPSA) is 128 Å². The summed E-state index contributed by atoms with van der Waals surface area (Å²) in [5.41, 5.74) is 0.549. The van der Waals surface area contributed by atoms with Crippen LogP contribution in [0.2, 0.25) is 0 Å². The third-order valence-electron chi connectivity index (χ3n) is 5.26. The zero-order valence-corrected chi connectivity index (χ0v) is 19.2. The molecule has 10 nitrogen and oxygen atoms in total. The van der Waals surface area contributed by atoms with Crippen LogP contribution in [0.5, 0.6) is 0 Å². The number of piperazine rings is 1. The number of ether oxygens (including phenoxy) is 1. The number of rotatable bonds is 10. The molecule has 3 rings (SSSR count). The predicted molar refractivity (Wildman–Crippen MR) is 124 cm³/mol. The van der Waals surface area contributed by atoms with Gasteiger partial charge in [0, 0.05) is 45.5 Å². The van der Waals surface area contributed by atoms with Crippen LogP contribution in [0, 0.1) is 0 Å². The van der Waals surface area contributed by atoms with E-state index in [-0.39, 0.29) is 28.6 Å². The molecule has 3 N–H and O–H groups in total. The fraction of sp³-hybridized carbons (Fsp3) is 0.364. The highest BCUT2D eigenvalue weighted by Crippen LogP contribution is 2.26. The monoisotopic (exact) mass is 476 g/mol. The lowest BCUT2D eigenvalue weighted by Crippen LogP contribution is -2.49. The van der Waals surface area contributed by atoms with Crippen molar-refractivity contribution >= 4 is 33.3 Å². The quantitative estimate of drug-likeness (QED) is 0.435. The van der Waals surface area contributed by atoms with Crippen LogP contribution in [0.3, 0.4) is 0 Å². The van der Waals surface area contributed by atoms with Crippen molar-refractivity contribution in [1.29, 1.82) is 0 Å². The SMILES string of the molecule is COCCNC(=O)CN1CCN(c2ccc(NS(=O)(=O)c3ccccc3)c(C(=O)O)c2)CC1. The molecule has 0 aromatic heterocycles. The minimum Gasteiger partial charge on any atom is -0.478 e. The largest absolute Gasteiger partial charge is 0.478 e. The Morgan fingerprint density at radius 2 is 1.76 bits per heavy atom. The highest BCUT2D eigenvalue weighted by Gasteiger charge is 2.23. The molecule has 1 amide bonds. The summed E-state index contributed by atoms with van der Waals surface area (Å²) in [4.78, 5) is 27.9. The Morgan fingerprint density at radius 3 is 2.39 bits per heavy atom. The van der Waals surface area contributed by atoms with E-state index in [1.54, 1.807) is 31.4 Å². The van der Waals surface area contributed by atoms with E-state index in [0.717, 1.165) is 0 Å². The molecule has 178 valence electrons. The smallest absolute Gasteiger partial charge is 0.337 e. The number of nitrogens with zero attached hydrogens (tertiary/aromatic N) is 2. The third kappa shape index (κ3) is 6.67. The molecule has 1 saturated heterocycles. The zero-order valence-electron chi connectivity index (χ0n) is 18.4. The van der Waals surface area contributed by atoms with Gasteiger partial charge in [-0.3, -0.25) is 14.4 Å². The van der Waals surface area contributed by atoms with E-state index < -0.39 is 16.0 Å². The minimum absolute atomic E-state index is 0.00136. The molecule has 0 radical (unpaired) electrons. The first-order valence-electron chi connectivity index (χ1n) is 10.5. The van der Waals surface area contributed by atoms with Crippen LogP contribution in [0.25, 0.3) is 0 Å². The second-order valence-electron chi connectivity index (χ2n) is 7.56. The molecule has 1 aliphatic rings. The Kier molecular flexibility index (Phi) is 8.26. The molecule has 0 saturated carbocycles. The van der Waals surface area contributed by atoms with Crippen molar-refractivity contribution in [2.45, 2.75) is 4.90 Å². The van der Waals surface area contributed by atoms with Gasteiger partial charge in [0.2, 0.25) is 5.91 Å². The van der Waals surface area contributed by atoms with Crippen LogP contribution < -0.4 is 14.9 Å². The maximum Gasteiger partial charge on any atom is 0.337 e. The fourth-order valence-electron chi connectivity index (χ4n) is 3.51. The van der Waals surface area contributed by atoms with Gasteiger partial charge in [-0.25, -0.2) is 13.2 Å². The lowest BCUT2D eigenvalue weighted by atomic mass is 10.1. The molecule has 0 unspecified atom stereocenters. The van der Waals surface area contributed by atoms with Gasteiger partial charge in [0.1, 0.15) is 0 Å². The van der Waals surface area contributed by atoms with E-state index in [9.17, 15) is 23.1 Å². The Hall–Kier alpha value is -3.15. The van der Waals surface area contributed by atoms with Gasteiger partial charge in [0.15, 0.2) is 0 Å². The van der Waals surface area contributed by atoms with Crippen LogP contribution in [-0.2, 0) is 19.6 Å². The summed E-state index contributed by atoms with van der Waals surface area (Å²) in [6.45, 7) is 3.72. The van der Waals surface area contributed by atoms with E-state index in [0.29, 0.717) is 45.0 Å². The van der Waals surface area contributed by atoms with Crippen LogP contribution in [0.15, 0.2) is 53.4 Å². The summed E-state index contributed by atoms with van der Waals surface area (Å²) in [5, 5.41) is 12.5. The second-order valence-corrected chi connectivity index (χ2v) is 9.24. The molecule has 2 aromatic rings. The van der Waals surface area contributed by atoms with Crippen molar-refractivity contribution in [1.82, 2.24) is 10.2 Å². The number of sulfonamides is 1. The van der Waals surface area contributed by atoms with Gasteiger partial charge in [-0.1, -0.05) is 18.2 Å². The lowest BCUT2D eigenvalue weighted by Gasteiger charge is -2.36. The van der Waals surface area contributed by atoms with Crippen molar-refractivity contribution in [2.24, 2.45) is 0 Å². The molecule has 1 heterocycles. The second kappa shape index (κ2) is 11.1. The Bertz CT molecular complexity index is 1070. The summed E-state index contributed by atoms with van der Waals surface area (Å²) >= 11 is 0. The molecule has 1 fully saturated rings. The average molecular weight is 477 g/mol. The first kappa shape index (κ1) is 24.5. The van der Waals surface area contributed by atoms with Crippen molar-refractivity contribution in [3.8, 4) is 0 Å². The van der Waals surface area contributed by atoms with E-state index in [2.05, 4.69) is 10.0 Å². The van der Waals surface area contributed by atoms with E-state index in [1.807, 2.05) is 9.80 Å². The predicted octanol–water partition coefficient (Wildman–Crippen LogP) is 1.07.